The molecule has 0 radical (unpaired) electrons. The number of hydrogen-bond acceptors (Lipinski definition) is 5. The topological polar surface area (TPSA) is 72.1 Å². The van der Waals surface area contributed by atoms with Crippen molar-refractivity contribution >= 4 is 16.8 Å². The summed E-state index contributed by atoms with van der Waals surface area (Å²) in [5, 5.41) is 4.79. The van der Waals surface area contributed by atoms with Gasteiger partial charge in [0.2, 0.25) is 5.89 Å². The zero-order valence-corrected chi connectivity index (χ0v) is 14.4. The van der Waals surface area contributed by atoms with Gasteiger partial charge in [0.05, 0.1) is 17.6 Å². The SMILES string of the molecule is CCN(Cc1noc(C)n1)C(=O)c1cc(C2CC2)nc2ccccc12. The largest absolute Gasteiger partial charge is 0.340 e. The average molecular weight is 336 g/mol. The molecule has 1 amide bonds. The Morgan fingerprint density at radius 3 is 2.76 bits per heavy atom. The van der Waals surface area contributed by atoms with Crippen molar-refractivity contribution in [3.63, 3.8) is 0 Å². The van der Waals surface area contributed by atoms with Gasteiger partial charge in [-0.15, -0.1) is 0 Å². The van der Waals surface area contributed by atoms with Crippen LogP contribution in [-0.4, -0.2) is 32.5 Å². The lowest BCUT2D eigenvalue weighted by molar-refractivity contribution is 0.0749. The van der Waals surface area contributed by atoms with Crippen LogP contribution in [0.1, 0.15) is 53.5 Å². The van der Waals surface area contributed by atoms with E-state index in [1.165, 1.54) is 0 Å². The van der Waals surface area contributed by atoms with Crippen LogP contribution in [-0.2, 0) is 6.54 Å². The van der Waals surface area contributed by atoms with Gasteiger partial charge in [0.15, 0.2) is 5.82 Å². The number of benzene rings is 1. The smallest absolute Gasteiger partial charge is 0.255 e. The van der Waals surface area contributed by atoms with Gasteiger partial charge in [0.25, 0.3) is 5.91 Å². The van der Waals surface area contributed by atoms with E-state index in [4.69, 9.17) is 9.51 Å². The normalized spacial score (nSPS) is 14.0. The van der Waals surface area contributed by atoms with Crippen LogP contribution in [0.3, 0.4) is 0 Å². The third kappa shape index (κ3) is 3.12. The number of carbonyl (C=O) groups excluding carboxylic acids is 1. The quantitative estimate of drug-likeness (QED) is 0.713. The highest BCUT2D eigenvalue weighted by atomic mass is 16.5. The summed E-state index contributed by atoms with van der Waals surface area (Å²) in [6.07, 6.45) is 2.30. The van der Waals surface area contributed by atoms with E-state index < -0.39 is 0 Å². The first-order valence-corrected chi connectivity index (χ1v) is 8.64. The van der Waals surface area contributed by atoms with Crippen LogP contribution in [0.5, 0.6) is 0 Å². The lowest BCUT2D eigenvalue weighted by atomic mass is 10.0. The Hall–Kier alpha value is -2.76. The van der Waals surface area contributed by atoms with E-state index in [1.54, 1.807) is 11.8 Å². The van der Waals surface area contributed by atoms with E-state index in [0.29, 0.717) is 36.3 Å². The van der Waals surface area contributed by atoms with E-state index in [2.05, 4.69) is 10.1 Å². The van der Waals surface area contributed by atoms with Crippen molar-refractivity contribution in [3.8, 4) is 0 Å². The van der Waals surface area contributed by atoms with Crippen LogP contribution in [0.4, 0.5) is 0 Å². The summed E-state index contributed by atoms with van der Waals surface area (Å²) in [7, 11) is 0. The van der Waals surface area contributed by atoms with Gasteiger partial charge in [0.1, 0.15) is 0 Å². The predicted octanol–water partition coefficient (Wildman–Crippen LogP) is 3.47. The van der Waals surface area contributed by atoms with Crippen molar-refractivity contribution in [1.29, 1.82) is 0 Å². The number of carbonyl (C=O) groups is 1. The number of aromatic nitrogens is 3. The summed E-state index contributed by atoms with van der Waals surface area (Å²) in [5.41, 5.74) is 2.60. The molecule has 0 spiro atoms. The first-order chi connectivity index (χ1) is 12.2. The summed E-state index contributed by atoms with van der Waals surface area (Å²) in [6, 6.07) is 9.79. The number of amides is 1. The molecule has 0 unspecified atom stereocenters. The molecule has 0 bridgehead atoms. The molecule has 1 aliphatic carbocycles. The summed E-state index contributed by atoms with van der Waals surface area (Å²) in [6.45, 7) is 4.60. The molecule has 6 nitrogen and oxygen atoms in total. The minimum Gasteiger partial charge on any atom is -0.340 e. The number of rotatable bonds is 5. The summed E-state index contributed by atoms with van der Waals surface area (Å²) in [4.78, 5) is 23.9. The second-order valence-electron chi connectivity index (χ2n) is 6.44. The van der Waals surface area contributed by atoms with E-state index in [9.17, 15) is 4.79 Å². The Morgan fingerprint density at radius 2 is 2.08 bits per heavy atom. The highest BCUT2D eigenvalue weighted by Gasteiger charge is 2.28. The lowest BCUT2D eigenvalue weighted by Gasteiger charge is -2.20. The standard InChI is InChI=1S/C19H20N4O2/c1-3-23(11-18-20-12(2)25-22-18)19(24)15-10-17(13-8-9-13)21-16-7-5-4-6-14(15)16/h4-7,10,13H,3,8-9,11H2,1-2H3. The van der Waals surface area contributed by atoms with Crippen LogP contribution >= 0.6 is 0 Å². The molecule has 0 N–H and O–H groups in total. The molecular weight excluding hydrogens is 316 g/mol. The monoisotopic (exact) mass is 336 g/mol. The molecular formula is C19H20N4O2. The Kier molecular flexibility index (Phi) is 3.95. The van der Waals surface area contributed by atoms with E-state index in [-0.39, 0.29) is 5.91 Å². The number of pyridine rings is 1. The molecule has 0 atom stereocenters. The van der Waals surface area contributed by atoms with Gasteiger partial charge < -0.3 is 9.42 Å². The van der Waals surface area contributed by atoms with Gasteiger partial charge in [-0.1, -0.05) is 23.4 Å². The number of para-hydroxylation sites is 1. The minimum atomic E-state index is -0.0227. The van der Waals surface area contributed by atoms with Crippen LogP contribution < -0.4 is 0 Å². The highest BCUT2D eigenvalue weighted by molar-refractivity contribution is 6.06. The molecule has 1 saturated carbocycles. The van der Waals surface area contributed by atoms with Crippen LogP contribution in [0.25, 0.3) is 10.9 Å². The van der Waals surface area contributed by atoms with Gasteiger partial charge in [-0.2, -0.15) is 4.98 Å². The fraction of sp³-hybridized carbons (Fsp3) is 0.368. The molecule has 1 aromatic carbocycles. The van der Waals surface area contributed by atoms with Crippen LogP contribution in [0, 0.1) is 6.92 Å². The third-order valence-corrected chi connectivity index (χ3v) is 4.53. The molecule has 2 aromatic heterocycles. The first kappa shape index (κ1) is 15.7. The molecule has 3 aromatic rings. The van der Waals surface area contributed by atoms with E-state index in [1.807, 2.05) is 37.3 Å². The lowest BCUT2D eigenvalue weighted by Crippen LogP contribution is -2.31. The first-order valence-electron chi connectivity index (χ1n) is 8.64. The Bertz CT molecular complexity index is 930. The second kappa shape index (κ2) is 6.27. The van der Waals surface area contributed by atoms with Gasteiger partial charge in [0, 0.05) is 30.5 Å². The third-order valence-electron chi connectivity index (χ3n) is 4.53. The number of fused-ring (bicyclic) bond motifs is 1. The summed E-state index contributed by atoms with van der Waals surface area (Å²) >= 11 is 0. The highest BCUT2D eigenvalue weighted by Crippen LogP contribution is 2.40. The van der Waals surface area contributed by atoms with Crippen molar-refractivity contribution < 1.29 is 9.32 Å². The van der Waals surface area contributed by atoms with Gasteiger partial charge in [-0.25, -0.2) is 0 Å². The van der Waals surface area contributed by atoms with Crippen molar-refractivity contribution in [3.05, 3.63) is 53.3 Å². The molecule has 2 heterocycles. The molecule has 25 heavy (non-hydrogen) atoms. The maximum Gasteiger partial charge on any atom is 0.255 e. The zero-order valence-electron chi connectivity index (χ0n) is 14.4. The molecule has 0 saturated heterocycles. The Balaban J connectivity index is 1.72. The number of hydrogen-bond donors (Lipinski definition) is 0. The summed E-state index contributed by atoms with van der Waals surface area (Å²) in [5.74, 6) is 1.49. The summed E-state index contributed by atoms with van der Waals surface area (Å²) < 4.78 is 5.02. The van der Waals surface area contributed by atoms with E-state index >= 15 is 0 Å². The minimum absolute atomic E-state index is 0.0227. The van der Waals surface area contributed by atoms with Crippen LogP contribution in [0.15, 0.2) is 34.9 Å². The second-order valence-corrected chi connectivity index (χ2v) is 6.44. The molecule has 128 valence electrons. The molecule has 6 heteroatoms. The van der Waals surface area contributed by atoms with Crippen molar-refractivity contribution in [2.45, 2.75) is 39.2 Å². The maximum atomic E-state index is 13.2. The van der Waals surface area contributed by atoms with E-state index in [0.717, 1.165) is 29.4 Å². The van der Waals surface area contributed by atoms with Crippen molar-refractivity contribution in [2.24, 2.45) is 0 Å². The van der Waals surface area contributed by atoms with Gasteiger partial charge >= 0.3 is 0 Å². The van der Waals surface area contributed by atoms with Crippen LogP contribution in [0.2, 0.25) is 0 Å². The van der Waals surface area contributed by atoms with Crippen molar-refractivity contribution in [1.82, 2.24) is 20.0 Å². The molecule has 1 fully saturated rings. The number of nitrogens with zero attached hydrogens (tertiary/aromatic N) is 4. The maximum absolute atomic E-state index is 13.2. The van der Waals surface area contributed by atoms with Crippen molar-refractivity contribution in [2.75, 3.05) is 6.54 Å². The fourth-order valence-electron chi connectivity index (χ4n) is 3.03. The van der Waals surface area contributed by atoms with Gasteiger partial charge in [-0.3, -0.25) is 9.78 Å². The van der Waals surface area contributed by atoms with Gasteiger partial charge in [-0.05, 0) is 31.9 Å². The Labute approximate surface area is 145 Å². The molecule has 1 aliphatic rings. The number of aryl methyl sites for hydroxylation is 1. The zero-order chi connectivity index (χ0) is 17.4. The molecule has 4 rings (SSSR count). The fourth-order valence-corrected chi connectivity index (χ4v) is 3.03. The molecule has 0 aliphatic heterocycles. The predicted molar refractivity (Wildman–Crippen MR) is 93.2 cm³/mol. The average Bonchev–Trinajstić information content (AvgIpc) is 3.40. The Morgan fingerprint density at radius 1 is 1.28 bits per heavy atom.